The SMILES string of the molecule is CCCCNC(C)c1ccc(F)cc1O. The predicted molar refractivity (Wildman–Crippen MR) is 59.4 cm³/mol. The Hall–Kier alpha value is -1.09. The second-order valence-electron chi connectivity index (χ2n) is 3.73. The van der Waals surface area contributed by atoms with Gasteiger partial charge in [-0.1, -0.05) is 19.4 Å². The maximum absolute atomic E-state index is 12.7. The van der Waals surface area contributed by atoms with Gasteiger partial charge < -0.3 is 10.4 Å². The Labute approximate surface area is 90.1 Å². The Bertz CT molecular complexity index is 314. The number of halogens is 1. The molecule has 0 saturated carbocycles. The molecule has 0 aromatic heterocycles. The van der Waals surface area contributed by atoms with Crippen molar-refractivity contribution in [2.45, 2.75) is 32.7 Å². The molecule has 0 fully saturated rings. The highest BCUT2D eigenvalue weighted by molar-refractivity contribution is 5.34. The van der Waals surface area contributed by atoms with Crippen molar-refractivity contribution < 1.29 is 9.50 Å². The molecule has 1 atom stereocenters. The van der Waals surface area contributed by atoms with Crippen LogP contribution in [0.4, 0.5) is 4.39 Å². The van der Waals surface area contributed by atoms with Crippen molar-refractivity contribution in [1.29, 1.82) is 0 Å². The van der Waals surface area contributed by atoms with E-state index in [0.29, 0.717) is 0 Å². The van der Waals surface area contributed by atoms with E-state index in [1.807, 2.05) is 6.92 Å². The van der Waals surface area contributed by atoms with Crippen LogP contribution < -0.4 is 5.32 Å². The summed E-state index contributed by atoms with van der Waals surface area (Å²) in [6.07, 6.45) is 2.24. The van der Waals surface area contributed by atoms with Gasteiger partial charge in [-0.2, -0.15) is 0 Å². The monoisotopic (exact) mass is 211 g/mol. The van der Waals surface area contributed by atoms with Gasteiger partial charge in [-0.05, 0) is 26.0 Å². The Morgan fingerprint density at radius 3 is 2.80 bits per heavy atom. The van der Waals surface area contributed by atoms with Gasteiger partial charge in [-0.15, -0.1) is 0 Å². The smallest absolute Gasteiger partial charge is 0.126 e. The molecule has 0 heterocycles. The van der Waals surface area contributed by atoms with Crippen molar-refractivity contribution in [1.82, 2.24) is 5.32 Å². The molecule has 2 nitrogen and oxygen atoms in total. The molecule has 1 aromatic rings. The minimum Gasteiger partial charge on any atom is -0.508 e. The molecule has 0 aliphatic carbocycles. The third-order valence-corrected chi connectivity index (χ3v) is 2.44. The molecule has 0 saturated heterocycles. The van der Waals surface area contributed by atoms with E-state index in [2.05, 4.69) is 12.2 Å². The highest BCUT2D eigenvalue weighted by Crippen LogP contribution is 2.24. The zero-order valence-corrected chi connectivity index (χ0v) is 9.26. The largest absolute Gasteiger partial charge is 0.508 e. The number of phenols is 1. The van der Waals surface area contributed by atoms with Crippen molar-refractivity contribution in [3.05, 3.63) is 29.6 Å². The average Bonchev–Trinajstić information content (AvgIpc) is 2.17. The highest BCUT2D eigenvalue weighted by atomic mass is 19.1. The number of aromatic hydroxyl groups is 1. The van der Waals surface area contributed by atoms with Gasteiger partial charge in [0, 0.05) is 17.7 Å². The van der Waals surface area contributed by atoms with E-state index in [1.54, 1.807) is 6.07 Å². The molecule has 0 amide bonds. The second kappa shape index (κ2) is 5.71. The number of nitrogens with one attached hydrogen (secondary N) is 1. The average molecular weight is 211 g/mol. The van der Waals surface area contributed by atoms with Crippen molar-refractivity contribution in [3.8, 4) is 5.75 Å². The van der Waals surface area contributed by atoms with Crippen LogP contribution in [0.2, 0.25) is 0 Å². The van der Waals surface area contributed by atoms with Crippen LogP contribution in [0.25, 0.3) is 0 Å². The molecule has 0 aliphatic heterocycles. The van der Waals surface area contributed by atoms with Crippen LogP contribution in [-0.2, 0) is 0 Å². The lowest BCUT2D eigenvalue weighted by molar-refractivity contribution is 0.446. The summed E-state index contributed by atoms with van der Waals surface area (Å²) in [6.45, 7) is 5.00. The third-order valence-electron chi connectivity index (χ3n) is 2.44. The first kappa shape index (κ1) is 12.0. The molecule has 0 bridgehead atoms. The molecule has 2 N–H and O–H groups in total. The second-order valence-corrected chi connectivity index (χ2v) is 3.73. The van der Waals surface area contributed by atoms with Crippen LogP contribution in [0, 0.1) is 5.82 Å². The van der Waals surface area contributed by atoms with E-state index in [-0.39, 0.29) is 11.8 Å². The lowest BCUT2D eigenvalue weighted by Gasteiger charge is -2.15. The van der Waals surface area contributed by atoms with Crippen molar-refractivity contribution in [2.24, 2.45) is 0 Å². The van der Waals surface area contributed by atoms with E-state index >= 15 is 0 Å². The summed E-state index contributed by atoms with van der Waals surface area (Å²) in [5, 5.41) is 12.8. The molecule has 0 spiro atoms. The van der Waals surface area contributed by atoms with Gasteiger partial charge in [0.15, 0.2) is 0 Å². The molecule has 1 rings (SSSR count). The van der Waals surface area contributed by atoms with Crippen molar-refractivity contribution in [3.63, 3.8) is 0 Å². The number of hydrogen-bond donors (Lipinski definition) is 2. The van der Waals surface area contributed by atoms with E-state index < -0.39 is 5.82 Å². The Morgan fingerprint density at radius 2 is 2.20 bits per heavy atom. The number of unbranched alkanes of at least 4 members (excludes halogenated alkanes) is 1. The van der Waals surface area contributed by atoms with Crippen LogP contribution in [-0.4, -0.2) is 11.7 Å². The van der Waals surface area contributed by atoms with Crippen molar-refractivity contribution in [2.75, 3.05) is 6.54 Å². The summed E-state index contributed by atoms with van der Waals surface area (Å²) in [4.78, 5) is 0. The number of hydrogen-bond acceptors (Lipinski definition) is 2. The minimum atomic E-state index is -0.406. The molecular weight excluding hydrogens is 193 g/mol. The molecule has 1 unspecified atom stereocenters. The predicted octanol–water partition coefficient (Wildman–Crippen LogP) is 2.98. The summed E-state index contributed by atoms with van der Waals surface area (Å²) in [7, 11) is 0. The van der Waals surface area contributed by atoms with Gasteiger partial charge in [-0.25, -0.2) is 4.39 Å². The Kier molecular flexibility index (Phi) is 4.56. The number of rotatable bonds is 5. The molecule has 84 valence electrons. The van der Waals surface area contributed by atoms with Gasteiger partial charge in [0.1, 0.15) is 11.6 Å². The number of benzene rings is 1. The Balaban J connectivity index is 2.61. The Morgan fingerprint density at radius 1 is 1.47 bits per heavy atom. The van der Waals surface area contributed by atoms with Gasteiger partial charge >= 0.3 is 0 Å². The van der Waals surface area contributed by atoms with Crippen LogP contribution in [0.3, 0.4) is 0 Å². The molecule has 0 radical (unpaired) electrons. The quantitative estimate of drug-likeness (QED) is 0.734. The maximum atomic E-state index is 12.7. The van der Waals surface area contributed by atoms with E-state index in [0.717, 1.165) is 31.0 Å². The van der Waals surface area contributed by atoms with E-state index in [9.17, 15) is 9.50 Å². The van der Waals surface area contributed by atoms with Crippen LogP contribution in [0.5, 0.6) is 5.75 Å². The van der Waals surface area contributed by atoms with Crippen molar-refractivity contribution >= 4 is 0 Å². The van der Waals surface area contributed by atoms with E-state index in [4.69, 9.17) is 0 Å². The lowest BCUT2D eigenvalue weighted by atomic mass is 10.1. The fourth-order valence-corrected chi connectivity index (χ4v) is 1.49. The maximum Gasteiger partial charge on any atom is 0.126 e. The van der Waals surface area contributed by atoms with Gasteiger partial charge in [-0.3, -0.25) is 0 Å². The first-order chi connectivity index (χ1) is 7.15. The summed E-state index contributed by atoms with van der Waals surface area (Å²) in [5.74, 6) is -0.386. The molecule has 1 aromatic carbocycles. The highest BCUT2D eigenvalue weighted by Gasteiger charge is 2.09. The first-order valence-electron chi connectivity index (χ1n) is 5.37. The van der Waals surface area contributed by atoms with Crippen LogP contribution >= 0.6 is 0 Å². The standard InChI is InChI=1S/C12H18FNO/c1-3-4-7-14-9(2)11-6-5-10(13)8-12(11)15/h5-6,8-9,14-15H,3-4,7H2,1-2H3. The fraction of sp³-hybridized carbons (Fsp3) is 0.500. The van der Waals surface area contributed by atoms with Gasteiger partial charge in [0.05, 0.1) is 0 Å². The normalized spacial score (nSPS) is 12.7. The summed E-state index contributed by atoms with van der Waals surface area (Å²) >= 11 is 0. The third kappa shape index (κ3) is 3.51. The van der Waals surface area contributed by atoms with E-state index in [1.165, 1.54) is 6.07 Å². The summed E-state index contributed by atoms with van der Waals surface area (Å²) in [5.41, 5.74) is 0.743. The first-order valence-corrected chi connectivity index (χ1v) is 5.37. The molecule has 15 heavy (non-hydrogen) atoms. The minimum absolute atomic E-state index is 0.0199. The summed E-state index contributed by atoms with van der Waals surface area (Å²) < 4.78 is 12.7. The molecular formula is C12H18FNO. The topological polar surface area (TPSA) is 32.3 Å². The van der Waals surface area contributed by atoms with Crippen LogP contribution in [0.15, 0.2) is 18.2 Å². The fourth-order valence-electron chi connectivity index (χ4n) is 1.49. The molecule has 3 heteroatoms. The van der Waals surface area contributed by atoms with Gasteiger partial charge in [0.2, 0.25) is 0 Å². The zero-order valence-electron chi connectivity index (χ0n) is 9.26. The number of phenolic OH excluding ortho intramolecular Hbond substituents is 1. The zero-order chi connectivity index (χ0) is 11.3. The van der Waals surface area contributed by atoms with Gasteiger partial charge in [0.25, 0.3) is 0 Å². The van der Waals surface area contributed by atoms with Crippen LogP contribution in [0.1, 0.15) is 38.3 Å². The lowest BCUT2D eigenvalue weighted by Crippen LogP contribution is -2.19. The summed E-state index contributed by atoms with van der Waals surface area (Å²) in [6, 6.07) is 4.19. The molecule has 0 aliphatic rings.